The third kappa shape index (κ3) is 1.14. The molecule has 1 unspecified atom stereocenters. The molecule has 2 heteroatoms. The Hall–Kier alpha value is -0.0800. The number of hydrogen-bond acceptors (Lipinski definition) is 2. The lowest BCUT2D eigenvalue weighted by Gasteiger charge is -2.01. The molecule has 2 N–H and O–H groups in total. The van der Waals surface area contributed by atoms with E-state index in [4.69, 9.17) is 5.11 Å². The van der Waals surface area contributed by atoms with Crippen LogP contribution in [-0.2, 0) is 0 Å². The average molecular weight is 101 g/mol. The summed E-state index contributed by atoms with van der Waals surface area (Å²) in [5.41, 5.74) is 0. The summed E-state index contributed by atoms with van der Waals surface area (Å²) in [4.78, 5) is 0. The van der Waals surface area contributed by atoms with Gasteiger partial charge in [-0.25, -0.2) is 0 Å². The summed E-state index contributed by atoms with van der Waals surface area (Å²) >= 11 is 0. The lowest BCUT2D eigenvalue weighted by atomic mass is 10.3. The summed E-state index contributed by atoms with van der Waals surface area (Å²) in [6.07, 6.45) is 1.80. The molecular weight excluding hydrogens is 90.1 g/mol. The third-order valence-electron chi connectivity index (χ3n) is 1.35. The quantitative estimate of drug-likeness (QED) is 0.453. The highest BCUT2D eigenvalue weighted by molar-refractivity contribution is 4.71. The summed E-state index contributed by atoms with van der Waals surface area (Å²) in [5, 5.41) is 11.8. The topological polar surface area (TPSA) is 32.3 Å². The fourth-order valence-electron chi connectivity index (χ4n) is 0.903. The molecule has 0 radical (unpaired) electrons. The SMILES string of the molecule is C[C@H]1CCC(O)N1. The Morgan fingerprint density at radius 2 is 2.29 bits per heavy atom. The molecule has 0 spiro atoms. The van der Waals surface area contributed by atoms with E-state index in [0.717, 1.165) is 12.8 Å². The highest BCUT2D eigenvalue weighted by atomic mass is 16.3. The van der Waals surface area contributed by atoms with Crippen LogP contribution < -0.4 is 5.32 Å². The first-order valence-electron chi connectivity index (χ1n) is 2.73. The van der Waals surface area contributed by atoms with Crippen LogP contribution in [0.15, 0.2) is 0 Å². The van der Waals surface area contributed by atoms with Crippen molar-refractivity contribution in [2.24, 2.45) is 0 Å². The molecular formula is C5H11NO. The predicted octanol–water partition coefficient (Wildman–Crippen LogP) is 0.0767. The summed E-state index contributed by atoms with van der Waals surface area (Å²) in [6.45, 7) is 2.08. The molecule has 0 saturated carbocycles. The number of hydrogen-bond donors (Lipinski definition) is 2. The molecule has 0 amide bonds. The van der Waals surface area contributed by atoms with Gasteiger partial charge in [0.15, 0.2) is 0 Å². The second-order valence-electron chi connectivity index (χ2n) is 2.16. The van der Waals surface area contributed by atoms with Crippen molar-refractivity contribution in [3.8, 4) is 0 Å². The third-order valence-corrected chi connectivity index (χ3v) is 1.35. The van der Waals surface area contributed by atoms with Crippen molar-refractivity contribution in [3.05, 3.63) is 0 Å². The van der Waals surface area contributed by atoms with Crippen molar-refractivity contribution in [3.63, 3.8) is 0 Å². The van der Waals surface area contributed by atoms with Crippen LogP contribution in [0, 0.1) is 0 Å². The molecule has 0 aliphatic carbocycles. The van der Waals surface area contributed by atoms with Crippen LogP contribution in [0.25, 0.3) is 0 Å². The molecule has 0 aromatic carbocycles. The van der Waals surface area contributed by atoms with Crippen LogP contribution >= 0.6 is 0 Å². The normalized spacial score (nSPS) is 42.0. The minimum atomic E-state index is -0.227. The van der Waals surface area contributed by atoms with Gasteiger partial charge in [-0.05, 0) is 19.8 Å². The van der Waals surface area contributed by atoms with Gasteiger partial charge in [0.2, 0.25) is 0 Å². The van der Waals surface area contributed by atoms with Gasteiger partial charge in [0.25, 0.3) is 0 Å². The van der Waals surface area contributed by atoms with E-state index in [1.165, 1.54) is 0 Å². The molecule has 0 aromatic rings. The maximum absolute atomic E-state index is 8.79. The lowest BCUT2D eigenvalue weighted by molar-refractivity contribution is 0.156. The van der Waals surface area contributed by atoms with Crippen molar-refractivity contribution in [1.29, 1.82) is 0 Å². The smallest absolute Gasteiger partial charge is 0.105 e. The molecule has 2 nitrogen and oxygen atoms in total. The van der Waals surface area contributed by atoms with E-state index in [0.29, 0.717) is 6.04 Å². The minimum absolute atomic E-state index is 0.227. The molecule has 1 aliphatic rings. The largest absolute Gasteiger partial charge is 0.379 e. The van der Waals surface area contributed by atoms with Gasteiger partial charge in [-0.1, -0.05) is 0 Å². The molecule has 1 saturated heterocycles. The molecule has 1 rings (SSSR count). The highest BCUT2D eigenvalue weighted by Gasteiger charge is 2.15. The van der Waals surface area contributed by atoms with Gasteiger partial charge >= 0.3 is 0 Å². The van der Waals surface area contributed by atoms with E-state index in [1.54, 1.807) is 0 Å². The Morgan fingerprint density at radius 3 is 2.43 bits per heavy atom. The van der Waals surface area contributed by atoms with Gasteiger partial charge in [0.05, 0.1) is 0 Å². The van der Waals surface area contributed by atoms with Crippen LogP contribution in [0.3, 0.4) is 0 Å². The molecule has 1 fully saturated rings. The Morgan fingerprint density at radius 1 is 1.57 bits per heavy atom. The first-order chi connectivity index (χ1) is 3.29. The second-order valence-corrected chi connectivity index (χ2v) is 2.16. The average Bonchev–Trinajstić information content (AvgIpc) is 1.87. The maximum Gasteiger partial charge on any atom is 0.105 e. The summed E-state index contributed by atoms with van der Waals surface area (Å²) in [6, 6.07) is 0.523. The van der Waals surface area contributed by atoms with Crippen LogP contribution in [0.2, 0.25) is 0 Å². The van der Waals surface area contributed by atoms with Crippen molar-refractivity contribution in [1.82, 2.24) is 5.32 Å². The Bertz CT molecular complexity index is 57.1. The predicted molar refractivity (Wildman–Crippen MR) is 27.8 cm³/mol. The number of rotatable bonds is 0. The standard InChI is InChI=1S/C5H11NO/c1-4-2-3-5(7)6-4/h4-7H,2-3H2,1H3/t4-,5?/m0/s1. The van der Waals surface area contributed by atoms with Crippen molar-refractivity contribution in [2.75, 3.05) is 0 Å². The molecule has 1 heterocycles. The number of aliphatic hydroxyl groups is 1. The van der Waals surface area contributed by atoms with E-state index in [-0.39, 0.29) is 6.23 Å². The van der Waals surface area contributed by atoms with E-state index in [9.17, 15) is 0 Å². The summed E-state index contributed by atoms with van der Waals surface area (Å²) in [7, 11) is 0. The van der Waals surface area contributed by atoms with Crippen LogP contribution in [0.1, 0.15) is 19.8 Å². The Balaban J connectivity index is 2.26. The van der Waals surface area contributed by atoms with Crippen LogP contribution in [0.4, 0.5) is 0 Å². The molecule has 2 atom stereocenters. The van der Waals surface area contributed by atoms with E-state index in [2.05, 4.69) is 12.2 Å². The first kappa shape index (κ1) is 5.06. The molecule has 1 aliphatic heterocycles. The fraction of sp³-hybridized carbons (Fsp3) is 1.00. The summed E-state index contributed by atoms with van der Waals surface area (Å²) in [5.74, 6) is 0. The Labute approximate surface area is 43.5 Å². The van der Waals surface area contributed by atoms with Crippen molar-refractivity contribution < 1.29 is 5.11 Å². The van der Waals surface area contributed by atoms with Gasteiger partial charge < -0.3 is 5.11 Å². The fourth-order valence-corrected chi connectivity index (χ4v) is 0.903. The number of nitrogens with one attached hydrogen (secondary N) is 1. The molecule has 0 bridgehead atoms. The lowest BCUT2D eigenvalue weighted by Crippen LogP contribution is -2.26. The molecule has 7 heavy (non-hydrogen) atoms. The minimum Gasteiger partial charge on any atom is -0.379 e. The zero-order valence-electron chi connectivity index (χ0n) is 4.52. The van der Waals surface area contributed by atoms with Gasteiger partial charge in [0, 0.05) is 6.04 Å². The molecule has 42 valence electrons. The number of aliphatic hydroxyl groups excluding tert-OH is 1. The van der Waals surface area contributed by atoms with Gasteiger partial charge in [-0.15, -0.1) is 0 Å². The zero-order chi connectivity index (χ0) is 5.28. The van der Waals surface area contributed by atoms with E-state index in [1.807, 2.05) is 0 Å². The summed E-state index contributed by atoms with van der Waals surface area (Å²) < 4.78 is 0. The van der Waals surface area contributed by atoms with Gasteiger partial charge in [-0.3, -0.25) is 5.32 Å². The monoisotopic (exact) mass is 101 g/mol. The maximum atomic E-state index is 8.79. The van der Waals surface area contributed by atoms with Crippen molar-refractivity contribution >= 4 is 0 Å². The van der Waals surface area contributed by atoms with Crippen LogP contribution in [0.5, 0.6) is 0 Å². The van der Waals surface area contributed by atoms with E-state index < -0.39 is 0 Å². The zero-order valence-corrected chi connectivity index (χ0v) is 4.52. The second kappa shape index (κ2) is 1.80. The first-order valence-corrected chi connectivity index (χ1v) is 2.73. The van der Waals surface area contributed by atoms with Crippen molar-refractivity contribution in [2.45, 2.75) is 32.0 Å². The molecule has 0 aromatic heterocycles. The van der Waals surface area contributed by atoms with Crippen LogP contribution in [-0.4, -0.2) is 17.4 Å². The highest BCUT2D eigenvalue weighted by Crippen LogP contribution is 2.07. The van der Waals surface area contributed by atoms with Gasteiger partial charge in [-0.2, -0.15) is 0 Å². The van der Waals surface area contributed by atoms with Gasteiger partial charge in [0.1, 0.15) is 6.23 Å². The van der Waals surface area contributed by atoms with E-state index >= 15 is 0 Å². The Kier molecular flexibility index (Phi) is 1.30.